The van der Waals surface area contributed by atoms with Gasteiger partial charge < -0.3 is 18.5 Å². The summed E-state index contributed by atoms with van der Waals surface area (Å²) in [5, 5.41) is 26.4. The van der Waals surface area contributed by atoms with E-state index in [1.807, 2.05) is 50.2 Å². The molecular formula is C30H23ClN6O8. The van der Waals surface area contributed by atoms with Gasteiger partial charge in [0.05, 0.1) is 16.1 Å². The number of furan rings is 1. The van der Waals surface area contributed by atoms with Crippen LogP contribution in [-0.2, 0) is 6.61 Å². The van der Waals surface area contributed by atoms with Gasteiger partial charge in [-0.25, -0.2) is 10.4 Å². The Bertz CT molecular complexity index is 1900. The number of nitrogens with one attached hydrogen (secondary N) is 1. The highest BCUT2D eigenvalue weighted by molar-refractivity contribution is 6.31. The van der Waals surface area contributed by atoms with Gasteiger partial charge in [-0.05, 0) is 68.4 Å². The Morgan fingerprint density at radius 2 is 1.76 bits per heavy atom. The van der Waals surface area contributed by atoms with Crippen molar-refractivity contribution in [1.82, 2.24) is 15.0 Å². The number of rotatable bonds is 11. The summed E-state index contributed by atoms with van der Waals surface area (Å²) in [6, 6.07) is 19.4. The zero-order valence-corrected chi connectivity index (χ0v) is 24.4. The van der Waals surface area contributed by atoms with Crippen LogP contribution in [0, 0.1) is 34.1 Å². The Kier molecular flexibility index (Phi) is 8.86. The number of carbonyl (C=O) groups is 1. The molecule has 0 aliphatic rings. The molecule has 0 spiro atoms. The first-order chi connectivity index (χ1) is 21.6. The number of aryl methyl sites for hydroxylation is 2. The van der Waals surface area contributed by atoms with Gasteiger partial charge in [-0.1, -0.05) is 11.6 Å². The number of carbonyl (C=O) groups excluding carboxylic acids is 1. The van der Waals surface area contributed by atoms with Crippen LogP contribution < -0.4 is 14.9 Å². The number of benzene rings is 2. The molecule has 1 N–H and O–H groups in total. The predicted molar refractivity (Wildman–Crippen MR) is 162 cm³/mol. The fourth-order valence-corrected chi connectivity index (χ4v) is 4.52. The number of ether oxygens (including phenoxy) is 2. The molecule has 15 heteroatoms. The molecule has 0 atom stereocenters. The van der Waals surface area contributed by atoms with Crippen molar-refractivity contribution in [1.29, 1.82) is 0 Å². The van der Waals surface area contributed by atoms with Gasteiger partial charge in [0.2, 0.25) is 11.6 Å². The zero-order chi connectivity index (χ0) is 32.1. The lowest BCUT2D eigenvalue weighted by atomic mass is 10.2. The largest absolute Gasteiger partial charge is 0.486 e. The van der Waals surface area contributed by atoms with Gasteiger partial charge >= 0.3 is 11.6 Å². The summed E-state index contributed by atoms with van der Waals surface area (Å²) in [7, 11) is 0. The smallest absolute Gasteiger partial charge is 0.313 e. The van der Waals surface area contributed by atoms with E-state index in [0.717, 1.165) is 41.6 Å². The lowest BCUT2D eigenvalue weighted by Gasteiger charge is -2.10. The molecule has 2 aromatic carbocycles. The minimum atomic E-state index is -0.729. The molecule has 3 heterocycles. The van der Waals surface area contributed by atoms with E-state index in [2.05, 4.69) is 20.1 Å². The minimum absolute atomic E-state index is 0.00116. The summed E-state index contributed by atoms with van der Waals surface area (Å²) in [4.78, 5) is 37.6. The van der Waals surface area contributed by atoms with Gasteiger partial charge in [0.15, 0.2) is 5.76 Å². The van der Waals surface area contributed by atoms with Crippen LogP contribution in [0.25, 0.3) is 5.69 Å². The molecule has 0 radical (unpaired) electrons. The van der Waals surface area contributed by atoms with Crippen molar-refractivity contribution in [2.24, 2.45) is 5.10 Å². The number of halogens is 1. The summed E-state index contributed by atoms with van der Waals surface area (Å²) in [5.74, 6) is -0.198. The molecule has 14 nitrogen and oxygen atoms in total. The second-order valence-corrected chi connectivity index (χ2v) is 9.95. The summed E-state index contributed by atoms with van der Waals surface area (Å²) in [6.07, 6.45) is 2.03. The van der Waals surface area contributed by atoms with Gasteiger partial charge in [0, 0.05) is 45.9 Å². The first kappa shape index (κ1) is 30.4. The quantitative estimate of drug-likeness (QED) is 0.0946. The zero-order valence-electron chi connectivity index (χ0n) is 23.7. The fraction of sp³-hybridized carbons (Fsp3) is 0.100. The average molecular weight is 631 g/mol. The molecule has 45 heavy (non-hydrogen) atoms. The molecule has 0 saturated carbocycles. The number of aromatic nitrogens is 2. The molecule has 0 aliphatic carbocycles. The normalized spacial score (nSPS) is 11.0. The van der Waals surface area contributed by atoms with E-state index in [1.165, 1.54) is 18.2 Å². The first-order valence-corrected chi connectivity index (χ1v) is 13.5. The summed E-state index contributed by atoms with van der Waals surface area (Å²) in [6.45, 7) is 4.14. The van der Waals surface area contributed by atoms with E-state index < -0.39 is 21.4 Å². The van der Waals surface area contributed by atoms with Crippen molar-refractivity contribution >= 4 is 35.1 Å². The number of amides is 1. The van der Waals surface area contributed by atoms with E-state index in [0.29, 0.717) is 11.5 Å². The summed E-state index contributed by atoms with van der Waals surface area (Å²) >= 11 is 6.05. The Labute approximate surface area is 259 Å². The third kappa shape index (κ3) is 7.14. The lowest BCUT2D eigenvalue weighted by molar-refractivity contribution is -0.385. The SMILES string of the molecule is Cc1ccc(C)n1-c1ccc(OCc2ccc(C(=O)N/N=C/c3cc(Cl)cc([N+](=O)[O-])c3Oc3ccc([N+](=O)[O-])cn3)o2)cc1. The summed E-state index contributed by atoms with van der Waals surface area (Å²) in [5.41, 5.74) is 4.74. The highest BCUT2D eigenvalue weighted by atomic mass is 35.5. The number of nitrogens with zero attached hydrogens (tertiary/aromatic N) is 5. The van der Waals surface area contributed by atoms with Crippen molar-refractivity contribution in [2.45, 2.75) is 20.5 Å². The molecule has 1 amide bonds. The fourth-order valence-electron chi connectivity index (χ4n) is 4.30. The van der Waals surface area contributed by atoms with E-state index in [-0.39, 0.29) is 40.3 Å². The van der Waals surface area contributed by atoms with Gasteiger partial charge in [-0.15, -0.1) is 0 Å². The van der Waals surface area contributed by atoms with E-state index in [1.54, 1.807) is 6.07 Å². The van der Waals surface area contributed by atoms with Gasteiger partial charge in [0.1, 0.15) is 24.3 Å². The van der Waals surface area contributed by atoms with Crippen molar-refractivity contribution in [2.75, 3.05) is 0 Å². The number of nitro benzene ring substituents is 1. The Hall–Kier alpha value is -6.02. The molecule has 5 rings (SSSR count). The number of hydrogen-bond donors (Lipinski definition) is 1. The molecule has 228 valence electrons. The predicted octanol–water partition coefficient (Wildman–Crippen LogP) is 6.69. The highest BCUT2D eigenvalue weighted by Crippen LogP contribution is 2.36. The van der Waals surface area contributed by atoms with Crippen molar-refractivity contribution in [3.63, 3.8) is 0 Å². The Morgan fingerprint density at radius 3 is 2.40 bits per heavy atom. The van der Waals surface area contributed by atoms with Crippen LogP contribution in [0.3, 0.4) is 0 Å². The second-order valence-electron chi connectivity index (χ2n) is 9.51. The lowest BCUT2D eigenvalue weighted by Crippen LogP contribution is -2.17. The molecule has 0 aliphatic heterocycles. The molecular weight excluding hydrogens is 608 g/mol. The van der Waals surface area contributed by atoms with E-state index in [9.17, 15) is 25.0 Å². The molecule has 5 aromatic rings. The standard InChI is InChI=1S/C30H23ClN6O8/c1-18-3-4-19(2)35(18)22-5-8-24(9-6-22)43-17-25-10-11-27(44-25)30(38)34-33-15-20-13-21(31)14-26(37(41)42)29(20)45-28-12-7-23(16-32-28)36(39)40/h3-16H,17H2,1-2H3,(H,34,38)/b33-15+. The Balaban J connectivity index is 1.23. The van der Waals surface area contributed by atoms with Crippen molar-refractivity contribution < 1.29 is 28.5 Å². The third-order valence-corrected chi connectivity index (χ3v) is 6.62. The highest BCUT2D eigenvalue weighted by Gasteiger charge is 2.22. The minimum Gasteiger partial charge on any atom is -0.486 e. The van der Waals surface area contributed by atoms with Crippen molar-refractivity contribution in [3.8, 4) is 23.1 Å². The number of hydrogen-bond acceptors (Lipinski definition) is 10. The maximum Gasteiger partial charge on any atom is 0.313 e. The van der Waals surface area contributed by atoms with Gasteiger partial charge in [-0.3, -0.25) is 25.0 Å². The molecule has 0 saturated heterocycles. The molecule has 0 bridgehead atoms. The number of nitro groups is 2. The van der Waals surface area contributed by atoms with E-state index >= 15 is 0 Å². The maximum absolute atomic E-state index is 12.6. The van der Waals surface area contributed by atoms with Gasteiger partial charge in [0.25, 0.3) is 5.69 Å². The number of pyridine rings is 1. The second kappa shape index (κ2) is 13.1. The van der Waals surface area contributed by atoms with Crippen LogP contribution in [0.4, 0.5) is 11.4 Å². The van der Waals surface area contributed by atoms with Crippen LogP contribution in [0.2, 0.25) is 5.02 Å². The molecule has 3 aromatic heterocycles. The van der Waals surface area contributed by atoms with Crippen molar-refractivity contribution in [3.05, 3.63) is 133 Å². The first-order valence-electron chi connectivity index (χ1n) is 13.2. The Morgan fingerprint density at radius 1 is 1.02 bits per heavy atom. The number of hydrazone groups is 1. The van der Waals surface area contributed by atoms with Crippen LogP contribution in [0.1, 0.15) is 33.3 Å². The monoisotopic (exact) mass is 630 g/mol. The summed E-state index contributed by atoms with van der Waals surface area (Å²) < 4.78 is 19.1. The molecule has 0 fully saturated rings. The van der Waals surface area contributed by atoms with Crippen LogP contribution in [0.5, 0.6) is 17.4 Å². The topological polar surface area (TPSA) is 177 Å². The maximum atomic E-state index is 12.6. The van der Waals surface area contributed by atoms with E-state index in [4.69, 9.17) is 25.5 Å². The average Bonchev–Trinajstić information content (AvgIpc) is 3.63. The van der Waals surface area contributed by atoms with Crippen LogP contribution in [0.15, 0.2) is 88.5 Å². The van der Waals surface area contributed by atoms with Crippen LogP contribution in [-0.4, -0.2) is 31.5 Å². The van der Waals surface area contributed by atoms with Crippen LogP contribution >= 0.6 is 11.6 Å². The van der Waals surface area contributed by atoms with Gasteiger partial charge in [-0.2, -0.15) is 5.10 Å². The molecule has 0 unspecified atom stereocenters. The third-order valence-electron chi connectivity index (χ3n) is 6.40.